The number of anilines is 1. The van der Waals surface area contributed by atoms with Crippen LogP contribution in [-0.2, 0) is 26.0 Å². The van der Waals surface area contributed by atoms with Crippen LogP contribution in [0.1, 0.15) is 5.01 Å². The van der Waals surface area contributed by atoms with Crippen LogP contribution in [0.25, 0.3) is 11.1 Å². The maximum atomic E-state index is 12.7. The van der Waals surface area contributed by atoms with Crippen LogP contribution in [0.4, 0.5) is 5.13 Å². The van der Waals surface area contributed by atoms with Gasteiger partial charge in [-0.2, -0.15) is 0 Å². The average Bonchev–Trinajstić information content (AvgIpc) is 3.21. The monoisotopic (exact) mass is 445 g/mol. The summed E-state index contributed by atoms with van der Waals surface area (Å²) in [5, 5.41) is 8.38. The molecular formula is C19H19N5O4S2. The van der Waals surface area contributed by atoms with Gasteiger partial charge in [-0.25, -0.2) is 8.42 Å². The molecule has 1 aliphatic rings. The van der Waals surface area contributed by atoms with E-state index in [9.17, 15) is 13.2 Å². The number of sulfonamides is 1. The lowest BCUT2D eigenvalue weighted by molar-refractivity contribution is -0.134. The number of carbonyl (C=O) groups excluding carboxylic acids is 1. The van der Waals surface area contributed by atoms with Gasteiger partial charge in [-0.3, -0.25) is 14.5 Å². The van der Waals surface area contributed by atoms with Gasteiger partial charge in [0.25, 0.3) is 10.0 Å². The molecule has 0 atom stereocenters. The summed E-state index contributed by atoms with van der Waals surface area (Å²) >= 11 is 1.05. The number of morpholine rings is 1. The topological polar surface area (TPSA) is 114 Å². The quantitative estimate of drug-likeness (QED) is 0.615. The molecule has 0 unspecified atom stereocenters. The SMILES string of the molecule is O=C(Cc1nnc(NS(=O)(=O)c2ccc(-c3ccncc3)cc2)s1)N1CCOCC1. The van der Waals surface area contributed by atoms with Crippen molar-refractivity contribution in [3.63, 3.8) is 0 Å². The van der Waals surface area contributed by atoms with Crippen molar-refractivity contribution in [3.8, 4) is 11.1 Å². The van der Waals surface area contributed by atoms with Gasteiger partial charge in [-0.1, -0.05) is 23.5 Å². The molecule has 1 N–H and O–H groups in total. The smallest absolute Gasteiger partial charge is 0.263 e. The van der Waals surface area contributed by atoms with E-state index in [4.69, 9.17) is 4.74 Å². The summed E-state index contributed by atoms with van der Waals surface area (Å²) in [7, 11) is -3.81. The van der Waals surface area contributed by atoms with Crippen molar-refractivity contribution in [3.05, 3.63) is 53.8 Å². The largest absolute Gasteiger partial charge is 0.378 e. The number of hydrogen-bond donors (Lipinski definition) is 1. The third-order valence-electron chi connectivity index (χ3n) is 4.53. The minimum absolute atomic E-state index is 0.0736. The van der Waals surface area contributed by atoms with E-state index in [2.05, 4.69) is 19.9 Å². The van der Waals surface area contributed by atoms with Crippen molar-refractivity contribution in [2.75, 3.05) is 31.0 Å². The van der Waals surface area contributed by atoms with E-state index in [1.165, 1.54) is 12.1 Å². The summed E-state index contributed by atoms with van der Waals surface area (Å²) in [4.78, 5) is 18.1. The minimum atomic E-state index is -3.81. The van der Waals surface area contributed by atoms with Gasteiger partial charge < -0.3 is 9.64 Å². The second-order valence-electron chi connectivity index (χ2n) is 6.54. The van der Waals surface area contributed by atoms with Crippen LogP contribution in [0, 0.1) is 0 Å². The van der Waals surface area contributed by atoms with Crippen LogP contribution in [0.5, 0.6) is 0 Å². The van der Waals surface area contributed by atoms with E-state index in [1.54, 1.807) is 29.4 Å². The molecule has 1 fully saturated rings. The fourth-order valence-electron chi connectivity index (χ4n) is 2.96. The average molecular weight is 446 g/mol. The number of ether oxygens (including phenoxy) is 1. The molecule has 1 amide bonds. The third kappa shape index (κ3) is 4.81. The Bertz CT molecular complexity index is 1110. The number of amides is 1. The number of hydrogen-bond acceptors (Lipinski definition) is 8. The standard InChI is InChI=1S/C19H19N5O4S2/c25-18(24-9-11-28-12-10-24)13-17-21-22-19(29-17)23-30(26,27)16-3-1-14(2-4-16)15-5-7-20-8-6-15/h1-8H,9-13H2,(H,22,23). The molecule has 4 rings (SSSR count). The van der Waals surface area contributed by atoms with E-state index < -0.39 is 10.0 Å². The number of nitrogens with zero attached hydrogens (tertiary/aromatic N) is 4. The number of nitrogens with one attached hydrogen (secondary N) is 1. The fourth-order valence-corrected chi connectivity index (χ4v) is 4.93. The zero-order chi connectivity index (χ0) is 21.0. The molecule has 0 saturated carbocycles. The van der Waals surface area contributed by atoms with Crippen molar-refractivity contribution in [2.24, 2.45) is 0 Å². The number of aromatic nitrogens is 3. The highest BCUT2D eigenvalue weighted by Gasteiger charge is 2.21. The van der Waals surface area contributed by atoms with E-state index in [0.29, 0.717) is 31.3 Å². The molecule has 0 bridgehead atoms. The highest BCUT2D eigenvalue weighted by Crippen LogP contribution is 2.24. The zero-order valence-corrected chi connectivity index (χ0v) is 17.5. The minimum Gasteiger partial charge on any atom is -0.378 e. The van der Waals surface area contributed by atoms with E-state index in [1.807, 2.05) is 12.1 Å². The molecule has 1 saturated heterocycles. The number of carbonyl (C=O) groups is 1. The van der Waals surface area contributed by atoms with Gasteiger partial charge in [0.2, 0.25) is 11.0 Å². The molecule has 0 spiro atoms. The summed E-state index contributed by atoms with van der Waals surface area (Å²) < 4.78 is 33.0. The maximum absolute atomic E-state index is 12.7. The third-order valence-corrected chi connectivity index (χ3v) is 6.86. The Hall–Kier alpha value is -2.89. The lowest BCUT2D eigenvalue weighted by Gasteiger charge is -2.26. The first-order valence-electron chi connectivity index (χ1n) is 9.22. The van der Waals surface area contributed by atoms with Crippen LogP contribution in [0.3, 0.4) is 0 Å². The first-order chi connectivity index (χ1) is 14.5. The van der Waals surface area contributed by atoms with Gasteiger partial charge in [0.15, 0.2) is 0 Å². The van der Waals surface area contributed by atoms with Crippen molar-refractivity contribution in [2.45, 2.75) is 11.3 Å². The molecule has 2 aromatic heterocycles. The molecule has 30 heavy (non-hydrogen) atoms. The summed E-state index contributed by atoms with van der Waals surface area (Å²) in [5.41, 5.74) is 1.83. The second-order valence-corrected chi connectivity index (χ2v) is 9.28. The Labute approximate surface area is 177 Å². The molecule has 9 nitrogen and oxygen atoms in total. The van der Waals surface area contributed by atoms with Gasteiger partial charge in [0, 0.05) is 25.5 Å². The number of rotatable bonds is 6. The fraction of sp³-hybridized carbons (Fsp3) is 0.263. The summed E-state index contributed by atoms with van der Waals surface area (Å²) in [6.45, 7) is 2.14. The predicted octanol–water partition coefficient (Wildman–Crippen LogP) is 1.80. The van der Waals surface area contributed by atoms with Crippen molar-refractivity contribution >= 4 is 32.4 Å². The van der Waals surface area contributed by atoms with Crippen molar-refractivity contribution < 1.29 is 17.9 Å². The van der Waals surface area contributed by atoms with Gasteiger partial charge >= 0.3 is 0 Å². The molecule has 0 radical (unpaired) electrons. The van der Waals surface area contributed by atoms with E-state index >= 15 is 0 Å². The van der Waals surface area contributed by atoms with Crippen LogP contribution in [0.15, 0.2) is 53.7 Å². The predicted molar refractivity (Wildman–Crippen MR) is 111 cm³/mol. The Morgan fingerprint density at radius 1 is 1.03 bits per heavy atom. The normalized spacial score (nSPS) is 14.5. The highest BCUT2D eigenvalue weighted by molar-refractivity contribution is 7.93. The lowest BCUT2D eigenvalue weighted by Crippen LogP contribution is -2.41. The number of pyridine rings is 1. The van der Waals surface area contributed by atoms with Gasteiger partial charge in [0.05, 0.1) is 24.5 Å². The first kappa shape index (κ1) is 20.4. The number of benzene rings is 1. The lowest BCUT2D eigenvalue weighted by atomic mass is 10.1. The zero-order valence-electron chi connectivity index (χ0n) is 15.9. The van der Waals surface area contributed by atoms with Gasteiger partial charge in [-0.15, -0.1) is 10.2 Å². The summed E-state index contributed by atoms with van der Waals surface area (Å²) in [6, 6.07) is 10.2. The van der Waals surface area contributed by atoms with Crippen molar-refractivity contribution in [1.29, 1.82) is 0 Å². The second kappa shape index (κ2) is 8.86. The molecule has 3 heterocycles. The Morgan fingerprint density at radius 2 is 1.70 bits per heavy atom. The Morgan fingerprint density at radius 3 is 2.40 bits per heavy atom. The molecule has 1 aromatic carbocycles. The summed E-state index contributed by atoms with van der Waals surface area (Å²) in [6.07, 6.45) is 3.44. The molecule has 0 aliphatic carbocycles. The van der Waals surface area contributed by atoms with Crippen LogP contribution >= 0.6 is 11.3 Å². The maximum Gasteiger partial charge on any atom is 0.263 e. The molecular weight excluding hydrogens is 426 g/mol. The highest BCUT2D eigenvalue weighted by atomic mass is 32.2. The van der Waals surface area contributed by atoms with Crippen LogP contribution in [-0.4, -0.2) is 60.7 Å². The van der Waals surface area contributed by atoms with Gasteiger partial charge in [0.1, 0.15) is 5.01 Å². The van der Waals surface area contributed by atoms with Crippen LogP contribution < -0.4 is 4.72 Å². The van der Waals surface area contributed by atoms with Gasteiger partial charge in [-0.05, 0) is 35.4 Å². The molecule has 1 aliphatic heterocycles. The summed E-state index contributed by atoms with van der Waals surface area (Å²) in [5.74, 6) is -0.0736. The van der Waals surface area contributed by atoms with Crippen molar-refractivity contribution in [1.82, 2.24) is 20.1 Å². The van der Waals surface area contributed by atoms with Crippen LogP contribution in [0.2, 0.25) is 0 Å². The Kier molecular flexibility index (Phi) is 6.02. The molecule has 3 aromatic rings. The van der Waals surface area contributed by atoms with E-state index in [-0.39, 0.29) is 22.4 Å². The Balaban J connectivity index is 1.41. The molecule has 11 heteroatoms. The van der Waals surface area contributed by atoms with E-state index in [0.717, 1.165) is 22.5 Å². The molecule has 156 valence electrons. The first-order valence-corrected chi connectivity index (χ1v) is 11.5.